The number of piperidine rings is 1. The van der Waals surface area contributed by atoms with Crippen LogP contribution in [0.4, 0.5) is 9.93 Å². The molecule has 0 aromatic carbocycles. The number of carbonyl (C=O) groups excluding carboxylic acids is 3. The van der Waals surface area contributed by atoms with E-state index in [9.17, 15) is 24.3 Å². The topological polar surface area (TPSA) is 148 Å². The summed E-state index contributed by atoms with van der Waals surface area (Å²) in [6.07, 6.45) is -0.553. The molecule has 5 rings (SSSR count). The lowest BCUT2D eigenvalue weighted by Gasteiger charge is -2.35. The first-order valence-electron chi connectivity index (χ1n) is 13.3. The van der Waals surface area contributed by atoms with E-state index in [1.165, 1.54) is 0 Å². The Labute approximate surface area is 250 Å². The van der Waals surface area contributed by atoms with Crippen molar-refractivity contribution in [3.8, 4) is 0 Å². The number of carboxylic acids is 1. The number of anilines is 1. The number of aromatic carboxylic acids is 1. The lowest BCUT2D eigenvalue weighted by atomic mass is 10.2. The van der Waals surface area contributed by atoms with E-state index in [2.05, 4.69) is 15.3 Å². The number of nitrogens with one attached hydrogen (secondary N) is 2. The Morgan fingerprint density at radius 2 is 1.68 bits per heavy atom. The van der Waals surface area contributed by atoms with Crippen molar-refractivity contribution in [2.24, 2.45) is 11.8 Å². The van der Waals surface area contributed by atoms with Gasteiger partial charge in [0.05, 0.1) is 22.2 Å². The number of carbonyl (C=O) groups is 4. The number of thiazole rings is 1. The number of H-pyrrole nitrogens is 1. The van der Waals surface area contributed by atoms with Crippen molar-refractivity contribution in [1.29, 1.82) is 0 Å². The Hall–Kier alpha value is -3.03. The molecule has 4 heterocycles. The van der Waals surface area contributed by atoms with Crippen molar-refractivity contribution < 1.29 is 29.0 Å². The van der Waals surface area contributed by atoms with Gasteiger partial charge < -0.3 is 34.8 Å². The number of aromatic nitrogens is 2. The zero-order valence-electron chi connectivity index (χ0n) is 23.1. The van der Waals surface area contributed by atoms with Gasteiger partial charge in [-0.1, -0.05) is 34.5 Å². The molecule has 12 nitrogen and oxygen atoms in total. The second-order valence-electron chi connectivity index (χ2n) is 11.6. The number of ether oxygens (including phenoxy) is 1. The van der Waals surface area contributed by atoms with Crippen LogP contribution in [-0.2, 0) is 16.0 Å². The Bertz CT molecular complexity index is 1380. The zero-order chi connectivity index (χ0) is 29.8. The Morgan fingerprint density at radius 3 is 2.22 bits per heavy atom. The highest BCUT2D eigenvalue weighted by molar-refractivity contribution is 7.17. The standard InChI is InChI=1S/C26H32Cl2N6O6S/c1-12-17(27)18(28)20(29-12)22(36)31-19-13-10-34(11-14(13)19)24-30-15(21(41-24)23(37)38)9-16(35)32-5-7-33(8-6-32)25(39)40-26(2,3)4/h13-14,19,29H,5-11H2,1-4H3,(H,31,36)(H,37,38)/t13-,14+,19-. The van der Waals surface area contributed by atoms with E-state index < -0.39 is 17.7 Å². The molecule has 2 aromatic heterocycles. The van der Waals surface area contributed by atoms with Crippen LogP contribution in [0.15, 0.2) is 0 Å². The zero-order valence-corrected chi connectivity index (χ0v) is 25.5. The van der Waals surface area contributed by atoms with Gasteiger partial charge in [-0.2, -0.15) is 0 Å². The summed E-state index contributed by atoms with van der Waals surface area (Å²) in [7, 11) is 0. The highest BCUT2D eigenvalue weighted by Gasteiger charge is 2.57. The monoisotopic (exact) mass is 626 g/mol. The van der Waals surface area contributed by atoms with Crippen molar-refractivity contribution in [2.75, 3.05) is 44.2 Å². The van der Waals surface area contributed by atoms with Crippen LogP contribution < -0.4 is 10.2 Å². The number of hydrogen-bond acceptors (Lipinski definition) is 8. The summed E-state index contributed by atoms with van der Waals surface area (Å²) in [5.74, 6) is -1.28. The highest BCUT2D eigenvalue weighted by Crippen LogP contribution is 2.48. The number of hydrogen-bond donors (Lipinski definition) is 3. The van der Waals surface area contributed by atoms with Crippen LogP contribution in [0.25, 0.3) is 0 Å². The molecule has 222 valence electrons. The lowest BCUT2D eigenvalue weighted by molar-refractivity contribution is -0.132. The predicted molar refractivity (Wildman–Crippen MR) is 153 cm³/mol. The van der Waals surface area contributed by atoms with Crippen molar-refractivity contribution in [3.05, 3.63) is 32.0 Å². The molecule has 0 bridgehead atoms. The lowest BCUT2D eigenvalue weighted by Crippen LogP contribution is -2.52. The van der Waals surface area contributed by atoms with Gasteiger partial charge in [-0.05, 0) is 27.7 Å². The molecule has 3 aliphatic rings. The van der Waals surface area contributed by atoms with Crippen molar-refractivity contribution in [2.45, 2.75) is 45.8 Å². The maximum Gasteiger partial charge on any atom is 0.410 e. The minimum absolute atomic E-state index is 0.0171. The molecule has 2 aromatic rings. The van der Waals surface area contributed by atoms with Crippen LogP contribution in [0.2, 0.25) is 10.0 Å². The molecular formula is C26H32Cl2N6O6S. The van der Waals surface area contributed by atoms with Gasteiger partial charge in [0.15, 0.2) is 5.13 Å². The fourth-order valence-corrected chi connectivity index (χ4v) is 6.69. The van der Waals surface area contributed by atoms with Crippen molar-refractivity contribution in [1.82, 2.24) is 25.1 Å². The molecule has 2 aliphatic heterocycles. The van der Waals surface area contributed by atoms with Gasteiger partial charge in [-0.3, -0.25) is 9.59 Å². The number of fused-ring (bicyclic) bond motifs is 1. The van der Waals surface area contributed by atoms with Crippen LogP contribution >= 0.6 is 34.5 Å². The van der Waals surface area contributed by atoms with Crippen LogP contribution in [0.3, 0.4) is 0 Å². The quantitative estimate of drug-likeness (QED) is 0.442. The molecule has 3 fully saturated rings. The van der Waals surface area contributed by atoms with E-state index in [1.54, 1.807) is 37.5 Å². The summed E-state index contributed by atoms with van der Waals surface area (Å²) >= 11 is 13.3. The van der Waals surface area contributed by atoms with Gasteiger partial charge in [0, 0.05) is 62.8 Å². The normalized spacial score (nSPS) is 22.0. The number of halogens is 2. The highest BCUT2D eigenvalue weighted by atomic mass is 35.5. The first kappa shape index (κ1) is 29.5. The molecule has 1 saturated carbocycles. The maximum absolute atomic E-state index is 13.0. The first-order valence-corrected chi connectivity index (χ1v) is 14.9. The van der Waals surface area contributed by atoms with Gasteiger partial charge >= 0.3 is 12.1 Å². The van der Waals surface area contributed by atoms with Gasteiger partial charge in [-0.15, -0.1) is 0 Å². The second kappa shape index (κ2) is 11.0. The van der Waals surface area contributed by atoms with Crippen molar-refractivity contribution >= 4 is 63.5 Å². The third-order valence-corrected chi connectivity index (χ3v) is 9.62. The van der Waals surface area contributed by atoms with Gasteiger partial charge in [0.2, 0.25) is 5.91 Å². The van der Waals surface area contributed by atoms with Crippen LogP contribution in [0, 0.1) is 18.8 Å². The molecule has 0 spiro atoms. The molecule has 0 radical (unpaired) electrons. The van der Waals surface area contributed by atoms with Crippen LogP contribution in [-0.4, -0.2) is 99.7 Å². The van der Waals surface area contributed by atoms with E-state index in [0.29, 0.717) is 55.1 Å². The third kappa shape index (κ3) is 6.12. The number of aromatic amines is 1. The number of amides is 3. The SMILES string of the molecule is Cc1[nH]c(C(=O)N[C@@H]2[C@@H]3CN(c4nc(CC(=O)N5CCN(C(=O)OC(C)(C)C)CC5)c(C(=O)O)s4)C[C@@H]32)c(Cl)c1Cl. The van der Waals surface area contributed by atoms with Crippen LogP contribution in [0.5, 0.6) is 0 Å². The van der Waals surface area contributed by atoms with Crippen LogP contribution in [0.1, 0.15) is 52.3 Å². The smallest absolute Gasteiger partial charge is 0.410 e. The molecule has 0 unspecified atom stereocenters. The first-order chi connectivity index (χ1) is 19.2. The third-order valence-electron chi connectivity index (χ3n) is 7.53. The Morgan fingerprint density at radius 1 is 1.07 bits per heavy atom. The van der Waals surface area contributed by atoms with E-state index in [1.807, 2.05) is 4.90 Å². The molecule has 3 N–H and O–H groups in total. The Kier molecular flexibility index (Phi) is 7.90. The maximum atomic E-state index is 13.0. The Balaban J connectivity index is 1.16. The van der Waals surface area contributed by atoms with Crippen molar-refractivity contribution in [3.63, 3.8) is 0 Å². The summed E-state index contributed by atoms with van der Waals surface area (Å²) in [5, 5.41) is 13.9. The van der Waals surface area contributed by atoms with E-state index in [4.69, 9.17) is 27.9 Å². The summed E-state index contributed by atoms with van der Waals surface area (Å²) in [4.78, 5) is 62.7. The largest absolute Gasteiger partial charge is 0.477 e. The molecule has 2 saturated heterocycles. The van der Waals surface area contributed by atoms with E-state index in [-0.39, 0.29) is 57.4 Å². The minimum Gasteiger partial charge on any atom is -0.477 e. The molecule has 41 heavy (non-hydrogen) atoms. The number of carboxylic acid groups (broad SMARTS) is 1. The number of nitrogens with zero attached hydrogens (tertiary/aromatic N) is 4. The number of aryl methyl sites for hydroxylation is 1. The fourth-order valence-electron chi connectivity index (χ4n) is 5.33. The predicted octanol–water partition coefficient (Wildman–Crippen LogP) is 3.27. The van der Waals surface area contributed by atoms with Gasteiger partial charge in [-0.25, -0.2) is 14.6 Å². The summed E-state index contributed by atoms with van der Waals surface area (Å²) in [6.45, 7) is 9.70. The molecular weight excluding hydrogens is 595 g/mol. The summed E-state index contributed by atoms with van der Waals surface area (Å²) in [5.41, 5.74) is 0.493. The molecule has 15 heteroatoms. The minimum atomic E-state index is -1.13. The number of rotatable bonds is 6. The summed E-state index contributed by atoms with van der Waals surface area (Å²) < 4.78 is 5.40. The summed E-state index contributed by atoms with van der Waals surface area (Å²) in [6, 6.07) is -0.0171. The van der Waals surface area contributed by atoms with E-state index in [0.717, 1.165) is 11.3 Å². The molecule has 3 amide bonds. The molecule has 1 aliphatic carbocycles. The average Bonchev–Trinajstić information content (AvgIpc) is 3.26. The average molecular weight is 628 g/mol. The number of piperazine rings is 1. The fraction of sp³-hybridized carbons (Fsp3) is 0.577. The van der Waals surface area contributed by atoms with Gasteiger partial charge in [0.25, 0.3) is 5.91 Å². The van der Waals surface area contributed by atoms with E-state index >= 15 is 0 Å². The second-order valence-corrected chi connectivity index (χ2v) is 13.3. The van der Waals surface area contributed by atoms with Gasteiger partial charge in [0.1, 0.15) is 16.2 Å². The molecule has 3 atom stereocenters.